The number of nitrogens with one attached hydrogen (secondary N) is 2. The number of amides is 1. The summed E-state index contributed by atoms with van der Waals surface area (Å²) in [4.78, 5) is 21.4. The Kier molecular flexibility index (Phi) is 3.55. The first-order chi connectivity index (χ1) is 11.3. The third-order valence-electron chi connectivity index (χ3n) is 3.87. The molecule has 0 fully saturated rings. The van der Waals surface area contributed by atoms with Crippen LogP contribution in [0.3, 0.4) is 0 Å². The van der Waals surface area contributed by atoms with Gasteiger partial charge in [-0.3, -0.25) is 4.79 Å². The highest BCUT2D eigenvalue weighted by Gasteiger charge is 2.10. The predicted octanol–water partition coefficient (Wildman–Crippen LogP) is 3.75. The van der Waals surface area contributed by atoms with Gasteiger partial charge >= 0.3 is 0 Å². The molecule has 0 unspecified atom stereocenters. The summed E-state index contributed by atoms with van der Waals surface area (Å²) in [6.45, 7) is 0.613. The van der Waals surface area contributed by atoms with Gasteiger partial charge in [0.15, 0.2) is 0 Å². The van der Waals surface area contributed by atoms with Gasteiger partial charge < -0.3 is 10.3 Å². The second-order valence-corrected chi connectivity index (χ2v) is 6.40. The van der Waals surface area contributed by atoms with Gasteiger partial charge in [-0.05, 0) is 30.2 Å². The minimum atomic E-state index is -0.0344. The average molecular weight is 321 g/mol. The standard InChI is InChI=1S/C18H15N3OS/c22-17(16-10-12-4-3-8-20-18(12)23-16)19-9-7-13-11-21-15-6-2-1-5-14(13)15/h1-6,8,10-11,21H,7,9H2,(H,19,22). The minimum absolute atomic E-state index is 0.0344. The molecule has 4 nitrogen and oxygen atoms in total. The van der Waals surface area contributed by atoms with Crippen LogP contribution in [0.2, 0.25) is 0 Å². The number of para-hydroxylation sites is 1. The molecule has 0 spiro atoms. The van der Waals surface area contributed by atoms with E-state index in [0.717, 1.165) is 22.2 Å². The molecule has 0 aliphatic rings. The molecule has 0 atom stereocenters. The Hall–Kier alpha value is -2.66. The zero-order valence-electron chi connectivity index (χ0n) is 12.4. The first-order valence-corrected chi connectivity index (χ1v) is 8.31. The molecule has 0 aliphatic carbocycles. The summed E-state index contributed by atoms with van der Waals surface area (Å²) < 4.78 is 0. The van der Waals surface area contributed by atoms with Crippen molar-refractivity contribution in [3.05, 3.63) is 65.3 Å². The molecule has 1 amide bonds. The van der Waals surface area contributed by atoms with Crippen LogP contribution >= 0.6 is 11.3 Å². The van der Waals surface area contributed by atoms with Crippen LogP contribution in [0.4, 0.5) is 0 Å². The topological polar surface area (TPSA) is 57.8 Å². The van der Waals surface area contributed by atoms with Crippen LogP contribution in [-0.2, 0) is 6.42 Å². The number of hydrogen-bond acceptors (Lipinski definition) is 3. The Morgan fingerprint density at radius 1 is 1.22 bits per heavy atom. The number of thiophene rings is 1. The lowest BCUT2D eigenvalue weighted by atomic mass is 10.1. The second kappa shape index (κ2) is 5.85. The molecule has 2 N–H and O–H groups in total. The lowest BCUT2D eigenvalue weighted by molar-refractivity contribution is 0.0958. The summed E-state index contributed by atoms with van der Waals surface area (Å²) >= 11 is 1.43. The van der Waals surface area contributed by atoms with Crippen molar-refractivity contribution in [2.45, 2.75) is 6.42 Å². The molecular weight excluding hydrogens is 306 g/mol. The van der Waals surface area contributed by atoms with Gasteiger partial charge in [0.1, 0.15) is 4.83 Å². The van der Waals surface area contributed by atoms with E-state index in [9.17, 15) is 4.79 Å². The number of pyridine rings is 1. The zero-order chi connectivity index (χ0) is 15.6. The number of aromatic nitrogens is 2. The smallest absolute Gasteiger partial charge is 0.261 e. The molecule has 0 saturated carbocycles. The van der Waals surface area contributed by atoms with Crippen LogP contribution in [0.1, 0.15) is 15.2 Å². The molecule has 0 saturated heterocycles. The number of aromatic amines is 1. The van der Waals surface area contributed by atoms with Crippen molar-refractivity contribution in [3.63, 3.8) is 0 Å². The summed E-state index contributed by atoms with van der Waals surface area (Å²) in [6.07, 6.45) is 4.57. The third-order valence-corrected chi connectivity index (χ3v) is 4.93. The zero-order valence-corrected chi connectivity index (χ0v) is 13.2. The molecule has 1 aromatic carbocycles. The molecular formula is C18H15N3OS. The van der Waals surface area contributed by atoms with Gasteiger partial charge in [-0.1, -0.05) is 24.3 Å². The maximum absolute atomic E-state index is 12.3. The summed E-state index contributed by atoms with van der Waals surface area (Å²) in [5.74, 6) is -0.0344. The minimum Gasteiger partial charge on any atom is -0.361 e. The van der Waals surface area contributed by atoms with Gasteiger partial charge in [-0.25, -0.2) is 4.98 Å². The maximum Gasteiger partial charge on any atom is 0.261 e. The molecule has 3 heterocycles. The van der Waals surface area contributed by atoms with Gasteiger partial charge in [-0.2, -0.15) is 0 Å². The fourth-order valence-electron chi connectivity index (χ4n) is 2.72. The highest BCUT2D eigenvalue weighted by molar-refractivity contribution is 7.20. The van der Waals surface area contributed by atoms with Crippen molar-refractivity contribution in [1.82, 2.24) is 15.3 Å². The molecule has 114 valence electrons. The summed E-state index contributed by atoms with van der Waals surface area (Å²) in [7, 11) is 0. The van der Waals surface area contributed by atoms with Gasteiger partial charge in [0.25, 0.3) is 5.91 Å². The summed E-state index contributed by atoms with van der Waals surface area (Å²) in [5.41, 5.74) is 2.35. The number of benzene rings is 1. The van der Waals surface area contributed by atoms with Gasteiger partial charge in [0.2, 0.25) is 0 Å². The largest absolute Gasteiger partial charge is 0.361 e. The third kappa shape index (κ3) is 2.71. The van der Waals surface area contributed by atoms with E-state index in [0.29, 0.717) is 11.4 Å². The monoisotopic (exact) mass is 321 g/mol. The SMILES string of the molecule is O=C(NCCc1c[nH]c2ccccc12)c1cc2cccnc2s1. The van der Waals surface area contributed by atoms with Crippen LogP contribution in [0.5, 0.6) is 0 Å². The molecule has 4 rings (SSSR count). The summed E-state index contributed by atoms with van der Waals surface area (Å²) in [5, 5.41) is 5.22. The van der Waals surface area contributed by atoms with Crippen molar-refractivity contribution in [2.75, 3.05) is 6.54 Å². The van der Waals surface area contributed by atoms with E-state index < -0.39 is 0 Å². The number of carbonyl (C=O) groups excluding carboxylic acids is 1. The second-order valence-electron chi connectivity index (χ2n) is 5.37. The Balaban J connectivity index is 1.43. The average Bonchev–Trinajstić information content (AvgIpc) is 3.19. The van der Waals surface area contributed by atoms with Crippen molar-refractivity contribution in [2.24, 2.45) is 0 Å². The van der Waals surface area contributed by atoms with Crippen LogP contribution in [0.15, 0.2) is 54.9 Å². The van der Waals surface area contributed by atoms with E-state index >= 15 is 0 Å². The highest BCUT2D eigenvalue weighted by atomic mass is 32.1. The Bertz CT molecular complexity index is 953. The van der Waals surface area contributed by atoms with E-state index in [1.54, 1.807) is 6.20 Å². The van der Waals surface area contributed by atoms with E-state index in [-0.39, 0.29) is 5.91 Å². The number of rotatable bonds is 4. The fraction of sp³-hybridized carbons (Fsp3) is 0.111. The van der Waals surface area contributed by atoms with Gasteiger partial charge in [0, 0.05) is 35.2 Å². The number of nitrogens with zero attached hydrogens (tertiary/aromatic N) is 1. The van der Waals surface area contributed by atoms with Gasteiger partial charge in [0.05, 0.1) is 4.88 Å². The molecule has 0 bridgehead atoms. The lowest BCUT2D eigenvalue weighted by Crippen LogP contribution is -2.24. The van der Waals surface area contributed by atoms with Crippen molar-refractivity contribution in [3.8, 4) is 0 Å². The van der Waals surface area contributed by atoms with Crippen molar-refractivity contribution < 1.29 is 4.79 Å². The molecule has 0 radical (unpaired) electrons. The molecule has 23 heavy (non-hydrogen) atoms. The van der Waals surface area contributed by atoms with Crippen LogP contribution < -0.4 is 5.32 Å². The Labute approximate surface area is 137 Å². The molecule has 4 aromatic rings. The quantitative estimate of drug-likeness (QED) is 0.601. The number of H-pyrrole nitrogens is 1. The summed E-state index contributed by atoms with van der Waals surface area (Å²) in [6, 6.07) is 14.0. The first-order valence-electron chi connectivity index (χ1n) is 7.49. The normalized spacial score (nSPS) is 11.1. The lowest BCUT2D eigenvalue weighted by Gasteiger charge is -2.02. The predicted molar refractivity (Wildman–Crippen MR) is 94.0 cm³/mol. The van der Waals surface area contributed by atoms with Crippen LogP contribution in [0, 0.1) is 0 Å². The van der Waals surface area contributed by atoms with E-state index in [1.165, 1.54) is 22.3 Å². The van der Waals surface area contributed by atoms with E-state index in [1.807, 2.05) is 36.5 Å². The van der Waals surface area contributed by atoms with E-state index in [2.05, 4.69) is 27.4 Å². The highest BCUT2D eigenvalue weighted by Crippen LogP contribution is 2.23. The molecule has 3 aromatic heterocycles. The fourth-order valence-corrected chi connectivity index (χ4v) is 3.64. The molecule has 5 heteroatoms. The van der Waals surface area contributed by atoms with Crippen LogP contribution in [0.25, 0.3) is 21.1 Å². The first kappa shape index (κ1) is 14.0. The van der Waals surface area contributed by atoms with Gasteiger partial charge in [-0.15, -0.1) is 11.3 Å². The van der Waals surface area contributed by atoms with Crippen LogP contribution in [-0.4, -0.2) is 22.4 Å². The number of fused-ring (bicyclic) bond motifs is 2. The maximum atomic E-state index is 12.3. The Morgan fingerprint density at radius 3 is 3.04 bits per heavy atom. The Morgan fingerprint density at radius 2 is 2.13 bits per heavy atom. The number of carbonyl (C=O) groups is 1. The van der Waals surface area contributed by atoms with Crippen molar-refractivity contribution in [1.29, 1.82) is 0 Å². The molecule has 0 aliphatic heterocycles. The van der Waals surface area contributed by atoms with E-state index in [4.69, 9.17) is 0 Å². The number of hydrogen-bond donors (Lipinski definition) is 2. The van der Waals surface area contributed by atoms with Crippen molar-refractivity contribution >= 4 is 38.4 Å².